The smallest absolute Gasteiger partial charge is 0.163 e. The molecule has 3 nitrogen and oxygen atoms in total. The van der Waals surface area contributed by atoms with Crippen molar-refractivity contribution in [3.05, 3.63) is 29.3 Å². The Bertz CT molecular complexity index is 570. The van der Waals surface area contributed by atoms with E-state index in [0.717, 1.165) is 50.5 Å². The van der Waals surface area contributed by atoms with Crippen LogP contribution in [-0.2, 0) is 6.42 Å². The van der Waals surface area contributed by atoms with Crippen molar-refractivity contribution < 1.29 is 4.79 Å². The zero-order chi connectivity index (χ0) is 19.6. The van der Waals surface area contributed by atoms with Gasteiger partial charge in [0, 0.05) is 50.4 Å². The minimum absolute atomic E-state index is 0.295. The summed E-state index contributed by atoms with van der Waals surface area (Å²) in [7, 11) is 0. The molecule has 0 atom stereocenters. The molecule has 0 spiro atoms. The normalized spacial score (nSPS) is 15.5. The first-order chi connectivity index (χ1) is 13.1. The molecule has 1 aromatic rings. The lowest BCUT2D eigenvalue weighted by atomic mass is 9.97. The summed E-state index contributed by atoms with van der Waals surface area (Å²) in [5.41, 5.74) is 3.43. The van der Waals surface area contributed by atoms with Crippen LogP contribution in [0.1, 0.15) is 82.1 Å². The number of aryl methyl sites for hydroxylation is 1. The van der Waals surface area contributed by atoms with Gasteiger partial charge in [0.1, 0.15) is 0 Å². The van der Waals surface area contributed by atoms with Crippen LogP contribution in [-0.4, -0.2) is 43.4 Å². The number of nitrogens with zero attached hydrogens (tertiary/aromatic N) is 2. The third-order valence-electron chi connectivity index (χ3n) is 5.89. The molecule has 0 radical (unpaired) electrons. The second kappa shape index (κ2) is 11.5. The van der Waals surface area contributed by atoms with E-state index in [1.807, 2.05) is 0 Å². The first-order valence-electron chi connectivity index (χ1n) is 11.3. The van der Waals surface area contributed by atoms with Crippen molar-refractivity contribution in [2.24, 2.45) is 5.92 Å². The lowest BCUT2D eigenvalue weighted by Crippen LogP contribution is -2.47. The Labute approximate surface area is 167 Å². The molecular formula is C24H40N2O. The minimum Gasteiger partial charge on any atom is -0.369 e. The van der Waals surface area contributed by atoms with Crippen LogP contribution >= 0.6 is 0 Å². The molecule has 0 N–H and O–H groups in total. The molecule has 1 saturated heterocycles. The second-order valence-corrected chi connectivity index (χ2v) is 8.10. The van der Waals surface area contributed by atoms with Crippen LogP contribution in [0.5, 0.6) is 0 Å². The minimum atomic E-state index is 0.295. The lowest BCUT2D eigenvalue weighted by molar-refractivity contribution is 0.0981. The highest BCUT2D eigenvalue weighted by atomic mass is 16.1. The summed E-state index contributed by atoms with van der Waals surface area (Å²) < 4.78 is 0. The standard InChI is InChI=1S/C24H40N2O/c1-5-9-20(10-6-2)19-25-14-16-26(17-15-25)22-12-13-23(21(8-4)18-22)24(27)11-7-3/h12-13,18,20H,5-11,14-17,19H2,1-4H3. The molecule has 0 unspecified atom stereocenters. The first-order valence-corrected chi connectivity index (χ1v) is 11.3. The van der Waals surface area contributed by atoms with Gasteiger partial charge in [0.25, 0.3) is 0 Å². The number of benzene rings is 1. The molecule has 0 aromatic heterocycles. The zero-order valence-corrected chi connectivity index (χ0v) is 18.1. The average Bonchev–Trinajstić information content (AvgIpc) is 2.68. The van der Waals surface area contributed by atoms with Gasteiger partial charge in [0.05, 0.1) is 0 Å². The molecule has 1 heterocycles. The van der Waals surface area contributed by atoms with E-state index in [2.05, 4.69) is 55.7 Å². The summed E-state index contributed by atoms with van der Waals surface area (Å²) in [6.07, 6.45) is 7.82. The van der Waals surface area contributed by atoms with Crippen molar-refractivity contribution in [1.82, 2.24) is 4.90 Å². The predicted octanol–water partition coefficient (Wildman–Crippen LogP) is 5.57. The first kappa shape index (κ1) is 21.9. The Kier molecular flexibility index (Phi) is 9.33. The number of carbonyl (C=O) groups is 1. The summed E-state index contributed by atoms with van der Waals surface area (Å²) in [6.45, 7) is 14.6. The molecule has 1 aromatic carbocycles. The second-order valence-electron chi connectivity index (χ2n) is 8.10. The van der Waals surface area contributed by atoms with Crippen LogP contribution in [0.4, 0.5) is 5.69 Å². The summed E-state index contributed by atoms with van der Waals surface area (Å²) in [6, 6.07) is 6.49. The maximum absolute atomic E-state index is 12.3. The number of rotatable bonds is 11. The molecule has 0 aliphatic carbocycles. The van der Waals surface area contributed by atoms with Crippen molar-refractivity contribution >= 4 is 11.5 Å². The molecule has 0 bridgehead atoms. The van der Waals surface area contributed by atoms with Crippen molar-refractivity contribution in [3.8, 4) is 0 Å². The Hall–Kier alpha value is -1.35. The number of anilines is 1. The SMILES string of the molecule is CCCC(=O)c1ccc(N2CCN(CC(CCC)CCC)CC2)cc1CC. The number of carbonyl (C=O) groups excluding carboxylic acids is 1. The number of hydrogen-bond acceptors (Lipinski definition) is 3. The molecule has 1 aliphatic rings. The van der Waals surface area contributed by atoms with Gasteiger partial charge in [-0.1, -0.05) is 40.5 Å². The molecule has 27 heavy (non-hydrogen) atoms. The van der Waals surface area contributed by atoms with Crippen LogP contribution < -0.4 is 4.90 Å². The van der Waals surface area contributed by atoms with Crippen LogP contribution in [0, 0.1) is 5.92 Å². The predicted molar refractivity (Wildman–Crippen MR) is 117 cm³/mol. The average molecular weight is 373 g/mol. The van der Waals surface area contributed by atoms with Crippen LogP contribution in [0.2, 0.25) is 0 Å². The van der Waals surface area contributed by atoms with Crippen molar-refractivity contribution in [2.75, 3.05) is 37.6 Å². The van der Waals surface area contributed by atoms with Crippen LogP contribution in [0.15, 0.2) is 18.2 Å². The van der Waals surface area contributed by atoms with Crippen molar-refractivity contribution in [2.45, 2.75) is 72.6 Å². The number of piperazine rings is 1. The zero-order valence-electron chi connectivity index (χ0n) is 18.1. The molecule has 0 saturated carbocycles. The van der Waals surface area contributed by atoms with Crippen LogP contribution in [0.25, 0.3) is 0 Å². The topological polar surface area (TPSA) is 23.6 Å². The van der Waals surface area contributed by atoms with E-state index >= 15 is 0 Å². The van der Waals surface area contributed by atoms with E-state index in [4.69, 9.17) is 0 Å². The Morgan fingerprint density at radius 3 is 2.19 bits per heavy atom. The number of Topliss-reactive ketones (excluding diaryl/α,β-unsaturated/α-hetero) is 1. The number of hydrogen-bond donors (Lipinski definition) is 0. The van der Waals surface area contributed by atoms with E-state index < -0.39 is 0 Å². The van der Waals surface area contributed by atoms with Gasteiger partial charge in [-0.05, 0) is 55.4 Å². The molecule has 1 fully saturated rings. The fraction of sp³-hybridized carbons (Fsp3) is 0.708. The molecule has 2 rings (SSSR count). The highest BCUT2D eigenvalue weighted by Gasteiger charge is 2.21. The van der Waals surface area contributed by atoms with Gasteiger partial charge in [0.15, 0.2) is 5.78 Å². The summed E-state index contributed by atoms with van der Waals surface area (Å²) in [4.78, 5) is 17.5. The molecule has 3 heteroatoms. The van der Waals surface area contributed by atoms with Crippen molar-refractivity contribution in [1.29, 1.82) is 0 Å². The highest BCUT2D eigenvalue weighted by molar-refractivity contribution is 5.97. The van der Waals surface area contributed by atoms with E-state index in [1.165, 1.54) is 43.5 Å². The van der Waals surface area contributed by atoms with Crippen molar-refractivity contribution in [3.63, 3.8) is 0 Å². The maximum Gasteiger partial charge on any atom is 0.163 e. The van der Waals surface area contributed by atoms with Gasteiger partial charge >= 0.3 is 0 Å². The largest absolute Gasteiger partial charge is 0.369 e. The lowest BCUT2D eigenvalue weighted by Gasteiger charge is -2.38. The van der Waals surface area contributed by atoms with Gasteiger partial charge < -0.3 is 4.90 Å². The molecule has 0 amide bonds. The Morgan fingerprint density at radius 1 is 0.963 bits per heavy atom. The number of ketones is 1. The van der Waals surface area contributed by atoms with Gasteiger partial charge in [-0.25, -0.2) is 0 Å². The van der Waals surface area contributed by atoms with E-state index in [1.54, 1.807) is 0 Å². The summed E-state index contributed by atoms with van der Waals surface area (Å²) >= 11 is 0. The molecular weight excluding hydrogens is 332 g/mol. The third-order valence-corrected chi connectivity index (χ3v) is 5.89. The fourth-order valence-electron chi connectivity index (χ4n) is 4.40. The summed E-state index contributed by atoms with van der Waals surface area (Å²) in [5.74, 6) is 1.16. The van der Waals surface area contributed by atoms with Gasteiger partial charge in [-0.3, -0.25) is 9.69 Å². The fourth-order valence-corrected chi connectivity index (χ4v) is 4.40. The van der Waals surface area contributed by atoms with E-state index in [0.29, 0.717) is 12.2 Å². The van der Waals surface area contributed by atoms with E-state index in [9.17, 15) is 4.79 Å². The Balaban J connectivity index is 1.96. The molecule has 1 aliphatic heterocycles. The quantitative estimate of drug-likeness (QED) is 0.474. The van der Waals surface area contributed by atoms with Crippen LogP contribution in [0.3, 0.4) is 0 Å². The maximum atomic E-state index is 12.3. The Morgan fingerprint density at radius 2 is 1.63 bits per heavy atom. The monoisotopic (exact) mass is 372 g/mol. The third kappa shape index (κ3) is 6.34. The van der Waals surface area contributed by atoms with E-state index in [-0.39, 0.29) is 0 Å². The highest BCUT2D eigenvalue weighted by Crippen LogP contribution is 2.24. The van der Waals surface area contributed by atoms with Gasteiger partial charge in [0.2, 0.25) is 0 Å². The molecule has 152 valence electrons. The van der Waals surface area contributed by atoms with Gasteiger partial charge in [-0.15, -0.1) is 0 Å². The summed E-state index contributed by atoms with van der Waals surface area (Å²) in [5, 5.41) is 0. The van der Waals surface area contributed by atoms with Gasteiger partial charge in [-0.2, -0.15) is 0 Å².